The number of aryl methyl sites for hydroxylation is 1. The van der Waals surface area contributed by atoms with Crippen molar-refractivity contribution in [1.82, 2.24) is 14.5 Å². The molecule has 1 aliphatic heterocycles. The van der Waals surface area contributed by atoms with Crippen LogP contribution in [0.3, 0.4) is 0 Å². The Morgan fingerprint density at radius 1 is 1.00 bits per heavy atom. The summed E-state index contributed by atoms with van der Waals surface area (Å²) < 4.78 is 2.51. The number of carbonyl (C=O) groups excluding carboxylic acids is 1. The summed E-state index contributed by atoms with van der Waals surface area (Å²) in [6.07, 6.45) is 7.17. The van der Waals surface area contributed by atoms with Crippen molar-refractivity contribution in [3.63, 3.8) is 0 Å². The van der Waals surface area contributed by atoms with Gasteiger partial charge in [0.05, 0.1) is 11.0 Å². The molecule has 0 unspecified atom stereocenters. The molecule has 0 radical (unpaired) electrons. The van der Waals surface area contributed by atoms with Gasteiger partial charge in [0, 0.05) is 24.4 Å². The minimum absolute atomic E-state index is 0.210. The topological polar surface area (TPSA) is 38.1 Å². The van der Waals surface area contributed by atoms with Crippen LogP contribution in [0, 0.1) is 0 Å². The standard InChI is InChI=1S/C30H41N3O/c1-5-6-9-19-33-28-11-8-7-10-27(28)31-29(33)25-17-21-32(22-18-25)20-16-24-12-14-26(15-13-24)30(3,4)23(2)34/h7-8,10-15,25H,5-6,9,16-22H2,1-4H3. The summed E-state index contributed by atoms with van der Waals surface area (Å²) in [7, 11) is 0. The number of rotatable bonds is 10. The van der Waals surface area contributed by atoms with Gasteiger partial charge in [-0.25, -0.2) is 4.98 Å². The second-order valence-electron chi connectivity index (χ2n) is 10.6. The zero-order valence-electron chi connectivity index (χ0n) is 21.5. The van der Waals surface area contributed by atoms with Crippen LogP contribution in [-0.4, -0.2) is 39.9 Å². The third-order valence-electron chi connectivity index (χ3n) is 7.89. The molecule has 0 aliphatic carbocycles. The van der Waals surface area contributed by atoms with Crippen LogP contribution in [0.15, 0.2) is 48.5 Å². The zero-order chi connectivity index (χ0) is 24.1. The Balaban J connectivity index is 1.34. The number of imidazole rings is 1. The number of carbonyl (C=O) groups is 1. The predicted octanol–water partition coefficient (Wildman–Crippen LogP) is 6.52. The predicted molar refractivity (Wildman–Crippen MR) is 142 cm³/mol. The average molecular weight is 460 g/mol. The van der Waals surface area contributed by atoms with Crippen molar-refractivity contribution in [2.45, 2.75) is 84.1 Å². The van der Waals surface area contributed by atoms with Crippen molar-refractivity contribution < 1.29 is 4.79 Å². The molecule has 1 aliphatic rings. The first-order valence-electron chi connectivity index (χ1n) is 13.2. The highest BCUT2D eigenvalue weighted by Crippen LogP contribution is 2.31. The van der Waals surface area contributed by atoms with Crippen LogP contribution in [0.4, 0.5) is 0 Å². The number of hydrogen-bond donors (Lipinski definition) is 0. The maximum Gasteiger partial charge on any atom is 0.139 e. The molecule has 2 heterocycles. The number of piperidine rings is 1. The van der Waals surface area contributed by atoms with Crippen LogP contribution in [0.25, 0.3) is 11.0 Å². The lowest BCUT2D eigenvalue weighted by Crippen LogP contribution is -2.35. The van der Waals surface area contributed by atoms with Crippen molar-refractivity contribution in [2.24, 2.45) is 0 Å². The Labute approximate surface area is 205 Å². The monoisotopic (exact) mass is 459 g/mol. The molecule has 1 saturated heterocycles. The van der Waals surface area contributed by atoms with Crippen molar-refractivity contribution in [3.8, 4) is 0 Å². The third kappa shape index (κ3) is 5.43. The van der Waals surface area contributed by atoms with E-state index in [0.717, 1.165) is 43.7 Å². The number of hydrogen-bond acceptors (Lipinski definition) is 3. The van der Waals surface area contributed by atoms with Gasteiger partial charge in [0.2, 0.25) is 0 Å². The fourth-order valence-corrected chi connectivity index (χ4v) is 5.15. The van der Waals surface area contributed by atoms with Gasteiger partial charge in [-0.2, -0.15) is 0 Å². The molecule has 0 spiro atoms. The van der Waals surface area contributed by atoms with E-state index in [0.29, 0.717) is 5.92 Å². The van der Waals surface area contributed by atoms with Crippen LogP contribution in [-0.2, 0) is 23.2 Å². The van der Waals surface area contributed by atoms with Crippen molar-refractivity contribution in [1.29, 1.82) is 0 Å². The van der Waals surface area contributed by atoms with E-state index in [2.05, 4.69) is 64.9 Å². The maximum absolute atomic E-state index is 11.9. The van der Waals surface area contributed by atoms with E-state index in [-0.39, 0.29) is 5.78 Å². The molecule has 182 valence electrons. The molecule has 0 saturated carbocycles. The van der Waals surface area contributed by atoms with Gasteiger partial charge in [0.15, 0.2) is 0 Å². The van der Waals surface area contributed by atoms with Crippen molar-refractivity contribution in [3.05, 3.63) is 65.5 Å². The number of aromatic nitrogens is 2. The van der Waals surface area contributed by atoms with Crippen molar-refractivity contribution >= 4 is 16.8 Å². The molecular weight excluding hydrogens is 418 g/mol. The molecule has 4 heteroatoms. The summed E-state index contributed by atoms with van der Waals surface area (Å²) in [5, 5.41) is 0. The Morgan fingerprint density at radius 2 is 1.71 bits per heavy atom. The number of Topliss-reactive ketones (excluding diaryl/α,β-unsaturated/α-hetero) is 1. The van der Waals surface area contributed by atoms with E-state index in [1.807, 2.05) is 13.8 Å². The highest BCUT2D eigenvalue weighted by atomic mass is 16.1. The fourth-order valence-electron chi connectivity index (χ4n) is 5.15. The molecular formula is C30H41N3O. The summed E-state index contributed by atoms with van der Waals surface area (Å²) in [4.78, 5) is 19.6. The first kappa shape index (κ1) is 24.7. The lowest BCUT2D eigenvalue weighted by molar-refractivity contribution is -0.121. The lowest BCUT2D eigenvalue weighted by atomic mass is 9.81. The van der Waals surface area contributed by atoms with Gasteiger partial charge in [0.1, 0.15) is 11.6 Å². The summed E-state index contributed by atoms with van der Waals surface area (Å²) in [5.41, 5.74) is 4.49. The Kier molecular flexibility index (Phi) is 7.88. The normalized spacial score (nSPS) is 15.8. The van der Waals surface area contributed by atoms with Gasteiger partial charge in [-0.3, -0.25) is 4.79 Å². The highest BCUT2D eigenvalue weighted by molar-refractivity contribution is 5.87. The molecule has 1 fully saturated rings. The third-order valence-corrected chi connectivity index (χ3v) is 7.89. The fraction of sp³-hybridized carbons (Fsp3) is 0.533. The lowest BCUT2D eigenvalue weighted by Gasteiger charge is -2.32. The number of unbranched alkanes of at least 4 members (excludes halogenated alkanes) is 2. The first-order valence-corrected chi connectivity index (χ1v) is 13.2. The Morgan fingerprint density at radius 3 is 2.38 bits per heavy atom. The van der Waals surface area contributed by atoms with Gasteiger partial charge < -0.3 is 9.47 Å². The summed E-state index contributed by atoms with van der Waals surface area (Å²) in [5.74, 6) is 2.07. The van der Waals surface area contributed by atoms with Crippen LogP contribution in [0.1, 0.15) is 82.7 Å². The van der Waals surface area contributed by atoms with Crippen molar-refractivity contribution in [2.75, 3.05) is 19.6 Å². The first-order chi connectivity index (χ1) is 16.4. The average Bonchev–Trinajstić information content (AvgIpc) is 3.22. The number of fused-ring (bicyclic) bond motifs is 1. The minimum atomic E-state index is -0.409. The SMILES string of the molecule is CCCCCn1c(C2CCN(CCc3ccc(C(C)(C)C(C)=O)cc3)CC2)nc2ccccc21. The van der Waals surface area contributed by atoms with Gasteiger partial charge in [-0.15, -0.1) is 0 Å². The summed E-state index contributed by atoms with van der Waals surface area (Å²) >= 11 is 0. The molecule has 3 aromatic rings. The van der Waals surface area contributed by atoms with Gasteiger partial charge in [0.25, 0.3) is 0 Å². The molecule has 0 atom stereocenters. The van der Waals surface area contributed by atoms with E-state index in [4.69, 9.17) is 4.98 Å². The molecule has 0 N–H and O–H groups in total. The molecule has 34 heavy (non-hydrogen) atoms. The van der Waals surface area contributed by atoms with E-state index in [1.54, 1.807) is 6.92 Å². The number of para-hydroxylation sites is 2. The highest BCUT2D eigenvalue weighted by Gasteiger charge is 2.27. The molecule has 0 amide bonds. The number of likely N-dealkylation sites (tertiary alicyclic amines) is 1. The van der Waals surface area contributed by atoms with E-state index in [1.165, 1.54) is 49.0 Å². The number of nitrogens with zero attached hydrogens (tertiary/aromatic N) is 3. The second-order valence-corrected chi connectivity index (χ2v) is 10.6. The molecule has 1 aromatic heterocycles. The zero-order valence-corrected chi connectivity index (χ0v) is 21.5. The second kappa shape index (κ2) is 10.9. The molecule has 0 bridgehead atoms. The number of benzene rings is 2. The smallest absolute Gasteiger partial charge is 0.139 e. The van der Waals surface area contributed by atoms with Crippen LogP contribution in [0.5, 0.6) is 0 Å². The van der Waals surface area contributed by atoms with Gasteiger partial charge in [-0.05, 0) is 82.8 Å². The summed E-state index contributed by atoms with van der Waals surface area (Å²) in [6, 6.07) is 17.3. The largest absolute Gasteiger partial charge is 0.328 e. The Bertz CT molecular complexity index is 1090. The van der Waals surface area contributed by atoms with Gasteiger partial charge >= 0.3 is 0 Å². The molecule has 4 rings (SSSR count). The van der Waals surface area contributed by atoms with Crippen LogP contribution >= 0.6 is 0 Å². The molecule has 2 aromatic carbocycles. The quantitative estimate of drug-likeness (QED) is 0.324. The van der Waals surface area contributed by atoms with E-state index >= 15 is 0 Å². The number of ketones is 1. The van der Waals surface area contributed by atoms with Crippen LogP contribution < -0.4 is 0 Å². The van der Waals surface area contributed by atoms with E-state index in [9.17, 15) is 4.79 Å². The maximum atomic E-state index is 11.9. The Hall–Kier alpha value is -2.46. The summed E-state index contributed by atoms with van der Waals surface area (Å²) in [6.45, 7) is 12.4. The molecule has 4 nitrogen and oxygen atoms in total. The van der Waals surface area contributed by atoms with E-state index < -0.39 is 5.41 Å². The van der Waals surface area contributed by atoms with Gasteiger partial charge in [-0.1, -0.05) is 56.2 Å². The van der Waals surface area contributed by atoms with Crippen LogP contribution in [0.2, 0.25) is 0 Å². The minimum Gasteiger partial charge on any atom is -0.328 e.